The normalized spacial score (nSPS) is 14.6. The monoisotopic (exact) mass is 238 g/mol. The maximum absolute atomic E-state index is 11.4. The lowest BCUT2D eigenvalue weighted by Crippen LogP contribution is -2.12. The Kier molecular flexibility index (Phi) is 3.25. The summed E-state index contributed by atoms with van der Waals surface area (Å²) in [5, 5.41) is 0.355. The number of ether oxygens (including phenoxy) is 1. The van der Waals surface area contributed by atoms with E-state index in [-0.39, 0.29) is 18.3 Å². The number of hydrogen-bond donors (Lipinski definition) is 0. The first-order chi connectivity index (χ1) is 7.70. The first kappa shape index (κ1) is 11.1. The smallest absolute Gasteiger partial charge is 0.173 e. The lowest BCUT2D eigenvalue weighted by Gasteiger charge is -2.07. The van der Waals surface area contributed by atoms with E-state index in [1.165, 1.54) is 6.07 Å². The minimum absolute atomic E-state index is 0.0603. The molecule has 0 radical (unpaired) electrons. The second-order valence-corrected chi connectivity index (χ2v) is 4.24. The molecule has 1 fully saturated rings. The first-order valence-electron chi connectivity index (χ1n) is 5.11. The predicted molar refractivity (Wildman–Crippen MR) is 60.1 cm³/mol. The van der Waals surface area contributed by atoms with Crippen molar-refractivity contribution in [2.75, 3.05) is 6.61 Å². The van der Waals surface area contributed by atoms with Crippen molar-refractivity contribution in [1.29, 1.82) is 0 Å². The Morgan fingerprint density at radius 2 is 2.25 bits per heavy atom. The van der Waals surface area contributed by atoms with E-state index in [9.17, 15) is 9.59 Å². The standard InChI is InChI=1S/C12H11ClO3/c13-10-5-8(6-14)1-4-12(10)16-7-11(15)9-2-3-9/h1,4-6,9H,2-3,7H2. The van der Waals surface area contributed by atoms with Gasteiger partial charge in [0.05, 0.1) is 5.02 Å². The van der Waals surface area contributed by atoms with Crippen molar-refractivity contribution >= 4 is 23.7 Å². The van der Waals surface area contributed by atoms with Crippen LogP contribution in [0.4, 0.5) is 0 Å². The molecule has 2 rings (SSSR count). The Morgan fingerprint density at radius 3 is 2.81 bits per heavy atom. The van der Waals surface area contributed by atoms with Crippen molar-refractivity contribution in [2.24, 2.45) is 5.92 Å². The molecule has 1 aliphatic rings. The van der Waals surface area contributed by atoms with Crippen LogP contribution in [-0.4, -0.2) is 18.7 Å². The third-order valence-electron chi connectivity index (χ3n) is 2.49. The van der Waals surface area contributed by atoms with Crippen LogP contribution in [0.5, 0.6) is 5.75 Å². The molecule has 1 aliphatic carbocycles. The van der Waals surface area contributed by atoms with Crippen LogP contribution in [0.25, 0.3) is 0 Å². The number of benzene rings is 1. The van der Waals surface area contributed by atoms with Crippen LogP contribution in [0.15, 0.2) is 18.2 Å². The lowest BCUT2D eigenvalue weighted by molar-refractivity contribution is -0.122. The van der Waals surface area contributed by atoms with Crippen molar-refractivity contribution in [3.63, 3.8) is 0 Å². The number of carbonyl (C=O) groups is 2. The van der Waals surface area contributed by atoms with Gasteiger partial charge in [-0.3, -0.25) is 9.59 Å². The molecule has 0 atom stereocenters. The van der Waals surface area contributed by atoms with Gasteiger partial charge in [0.1, 0.15) is 18.6 Å². The average Bonchev–Trinajstić information content (AvgIpc) is 3.10. The molecule has 0 aromatic heterocycles. The minimum Gasteiger partial charge on any atom is -0.484 e. The molecule has 0 saturated heterocycles. The third kappa shape index (κ3) is 2.61. The summed E-state index contributed by atoms with van der Waals surface area (Å²) in [4.78, 5) is 21.9. The lowest BCUT2D eigenvalue weighted by atomic mass is 10.2. The van der Waals surface area contributed by atoms with Crippen LogP contribution in [0, 0.1) is 5.92 Å². The molecule has 0 aliphatic heterocycles. The number of halogens is 1. The van der Waals surface area contributed by atoms with Crippen molar-refractivity contribution in [1.82, 2.24) is 0 Å². The molecule has 1 aromatic carbocycles. The Hall–Kier alpha value is -1.35. The fraction of sp³-hybridized carbons (Fsp3) is 0.333. The van der Waals surface area contributed by atoms with E-state index in [1.54, 1.807) is 12.1 Å². The summed E-state index contributed by atoms with van der Waals surface area (Å²) in [6, 6.07) is 4.73. The number of hydrogen-bond acceptors (Lipinski definition) is 3. The SMILES string of the molecule is O=Cc1ccc(OCC(=O)C2CC2)c(Cl)c1. The van der Waals surface area contributed by atoms with Crippen molar-refractivity contribution < 1.29 is 14.3 Å². The number of Topliss-reactive ketones (excluding diaryl/α,β-unsaturated/α-hetero) is 1. The van der Waals surface area contributed by atoms with Gasteiger partial charge in [0.15, 0.2) is 5.78 Å². The zero-order chi connectivity index (χ0) is 11.5. The van der Waals surface area contributed by atoms with E-state index in [1.807, 2.05) is 0 Å². The molecule has 0 bridgehead atoms. The number of aldehydes is 1. The molecule has 0 unspecified atom stereocenters. The highest BCUT2D eigenvalue weighted by Crippen LogP contribution is 2.30. The maximum Gasteiger partial charge on any atom is 0.173 e. The topological polar surface area (TPSA) is 43.4 Å². The van der Waals surface area contributed by atoms with Gasteiger partial charge in [-0.2, -0.15) is 0 Å². The Bertz CT molecular complexity index is 424. The van der Waals surface area contributed by atoms with E-state index >= 15 is 0 Å². The van der Waals surface area contributed by atoms with Gasteiger partial charge in [-0.25, -0.2) is 0 Å². The molecule has 0 heterocycles. The van der Waals surface area contributed by atoms with Gasteiger partial charge in [-0.05, 0) is 31.0 Å². The molecule has 4 heteroatoms. The number of carbonyl (C=O) groups excluding carboxylic acids is 2. The largest absolute Gasteiger partial charge is 0.484 e. The van der Waals surface area contributed by atoms with Crippen LogP contribution in [0.2, 0.25) is 5.02 Å². The molecule has 1 aromatic rings. The van der Waals surface area contributed by atoms with E-state index in [0.717, 1.165) is 12.8 Å². The van der Waals surface area contributed by atoms with Crippen molar-refractivity contribution in [3.8, 4) is 5.75 Å². The van der Waals surface area contributed by atoms with Gasteiger partial charge in [-0.15, -0.1) is 0 Å². The molecule has 3 nitrogen and oxygen atoms in total. The fourth-order valence-corrected chi connectivity index (χ4v) is 1.62. The predicted octanol–water partition coefficient (Wildman–Crippen LogP) is 2.51. The van der Waals surface area contributed by atoms with Gasteiger partial charge in [0, 0.05) is 11.5 Å². The van der Waals surface area contributed by atoms with E-state index in [4.69, 9.17) is 16.3 Å². The second-order valence-electron chi connectivity index (χ2n) is 3.84. The summed E-state index contributed by atoms with van der Waals surface area (Å²) in [7, 11) is 0. The molecule has 0 amide bonds. The number of ketones is 1. The van der Waals surface area contributed by atoms with E-state index in [2.05, 4.69) is 0 Å². The highest BCUT2D eigenvalue weighted by atomic mass is 35.5. The molecule has 16 heavy (non-hydrogen) atoms. The van der Waals surface area contributed by atoms with Crippen LogP contribution in [0.1, 0.15) is 23.2 Å². The van der Waals surface area contributed by atoms with Gasteiger partial charge in [-0.1, -0.05) is 11.6 Å². The van der Waals surface area contributed by atoms with E-state index in [0.29, 0.717) is 22.6 Å². The minimum atomic E-state index is 0.0603. The fourth-order valence-electron chi connectivity index (χ4n) is 1.38. The summed E-state index contributed by atoms with van der Waals surface area (Å²) in [5.41, 5.74) is 0.492. The zero-order valence-electron chi connectivity index (χ0n) is 8.61. The van der Waals surface area contributed by atoms with Crippen LogP contribution in [-0.2, 0) is 4.79 Å². The van der Waals surface area contributed by atoms with Gasteiger partial charge >= 0.3 is 0 Å². The number of rotatable bonds is 5. The summed E-state index contributed by atoms with van der Waals surface area (Å²) < 4.78 is 5.30. The molecular formula is C12H11ClO3. The highest BCUT2D eigenvalue weighted by molar-refractivity contribution is 6.32. The molecule has 1 saturated carbocycles. The summed E-state index contributed by atoms with van der Waals surface area (Å²) in [6.07, 6.45) is 2.66. The van der Waals surface area contributed by atoms with Crippen LogP contribution < -0.4 is 4.74 Å². The first-order valence-corrected chi connectivity index (χ1v) is 5.49. The van der Waals surface area contributed by atoms with Gasteiger partial charge in [0.25, 0.3) is 0 Å². The Balaban J connectivity index is 1.98. The van der Waals surface area contributed by atoms with Gasteiger partial charge in [0.2, 0.25) is 0 Å². The van der Waals surface area contributed by atoms with Crippen LogP contribution >= 0.6 is 11.6 Å². The Morgan fingerprint density at radius 1 is 1.50 bits per heavy atom. The molecule has 84 valence electrons. The molecule has 0 N–H and O–H groups in total. The summed E-state index contributed by atoms with van der Waals surface area (Å²) >= 11 is 5.89. The zero-order valence-corrected chi connectivity index (χ0v) is 9.37. The van der Waals surface area contributed by atoms with Gasteiger partial charge < -0.3 is 4.74 Å². The third-order valence-corrected chi connectivity index (χ3v) is 2.79. The molecular weight excluding hydrogens is 228 g/mol. The second kappa shape index (κ2) is 4.66. The summed E-state index contributed by atoms with van der Waals surface area (Å²) in [5.74, 6) is 0.754. The Labute approximate surface area is 98.4 Å². The van der Waals surface area contributed by atoms with E-state index < -0.39 is 0 Å². The highest BCUT2D eigenvalue weighted by Gasteiger charge is 2.29. The average molecular weight is 239 g/mol. The van der Waals surface area contributed by atoms with Crippen molar-refractivity contribution in [3.05, 3.63) is 28.8 Å². The maximum atomic E-state index is 11.4. The quantitative estimate of drug-likeness (QED) is 0.741. The summed E-state index contributed by atoms with van der Waals surface area (Å²) in [6.45, 7) is 0.0603. The van der Waals surface area contributed by atoms with Crippen LogP contribution in [0.3, 0.4) is 0 Å². The van der Waals surface area contributed by atoms with Crippen molar-refractivity contribution in [2.45, 2.75) is 12.8 Å². The molecule has 0 spiro atoms.